The molecule has 1 heterocycles. The number of amides is 1. The average Bonchev–Trinajstić information content (AvgIpc) is 3.37. The standard InChI is InChI=1S/C32H31ClN2O2/c33-28-17-15-25(16-18-28)22-35(23-27-21-34-20-26(27)19-24-9-3-1-4-10-24)32(36)30-13-7-8-14-31(30)37-29-11-5-2-6-12-29/h1-18,26-27,34H,19-23H2/t26-,27?/m0/s1. The molecule has 2 atom stereocenters. The predicted octanol–water partition coefficient (Wildman–Crippen LogP) is 6.85. The minimum absolute atomic E-state index is 0.0353. The summed E-state index contributed by atoms with van der Waals surface area (Å²) in [4.78, 5) is 16.0. The van der Waals surface area contributed by atoms with E-state index < -0.39 is 0 Å². The molecule has 1 amide bonds. The summed E-state index contributed by atoms with van der Waals surface area (Å²) in [6, 6.07) is 35.4. The SMILES string of the molecule is O=C(c1ccccc1Oc1ccccc1)N(Cc1ccc(Cl)cc1)CC1CNC[C@@H]1Cc1ccccc1. The van der Waals surface area contributed by atoms with Gasteiger partial charge in [-0.15, -0.1) is 0 Å². The topological polar surface area (TPSA) is 41.6 Å². The van der Waals surface area contributed by atoms with E-state index in [0.717, 1.165) is 25.1 Å². The van der Waals surface area contributed by atoms with Gasteiger partial charge in [-0.2, -0.15) is 0 Å². The van der Waals surface area contributed by atoms with Crippen LogP contribution >= 0.6 is 11.6 Å². The largest absolute Gasteiger partial charge is 0.457 e. The van der Waals surface area contributed by atoms with Gasteiger partial charge in [-0.05, 0) is 78.9 Å². The summed E-state index contributed by atoms with van der Waals surface area (Å²) in [5, 5.41) is 4.25. The highest BCUT2D eigenvalue weighted by Gasteiger charge is 2.31. The molecule has 1 N–H and O–H groups in total. The molecule has 4 aromatic rings. The van der Waals surface area contributed by atoms with Gasteiger partial charge in [-0.25, -0.2) is 0 Å². The molecule has 1 saturated heterocycles. The molecule has 1 aliphatic rings. The van der Waals surface area contributed by atoms with Crippen molar-refractivity contribution in [2.24, 2.45) is 11.8 Å². The average molecular weight is 511 g/mol. The van der Waals surface area contributed by atoms with Crippen molar-refractivity contribution in [3.63, 3.8) is 0 Å². The first-order valence-electron chi connectivity index (χ1n) is 12.8. The summed E-state index contributed by atoms with van der Waals surface area (Å²) in [7, 11) is 0. The summed E-state index contributed by atoms with van der Waals surface area (Å²) in [6.45, 7) is 3.01. The minimum atomic E-state index is -0.0353. The van der Waals surface area contributed by atoms with Crippen molar-refractivity contribution in [3.05, 3.63) is 131 Å². The van der Waals surface area contributed by atoms with E-state index in [2.05, 4.69) is 35.6 Å². The van der Waals surface area contributed by atoms with Gasteiger partial charge < -0.3 is 15.0 Å². The van der Waals surface area contributed by atoms with E-state index in [0.29, 0.717) is 47.0 Å². The quantitative estimate of drug-likeness (QED) is 0.267. The first kappa shape index (κ1) is 25.1. The molecule has 188 valence electrons. The number of halogens is 1. The van der Waals surface area contributed by atoms with Crippen LogP contribution in [0.4, 0.5) is 0 Å². The molecule has 0 aromatic heterocycles. The Morgan fingerprint density at radius 2 is 1.43 bits per heavy atom. The number of hydrogen-bond acceptors (Lipinski definition) is 3. The Balaban J connectivity index is 1.40. The van der Waals surface area contributed by atoms with E-state index in [4.69, 9.17) is 16.3 Å². The van der Waals surface area contributed by atoms with Crippen LogP contribution in [0.15, 0.2) is 109 Å². The molecule has 1 aliphatic heterocycles. The Bertz CT molecular complexity index is 1300. The highest BCUT2D eigenvalue weighted by Crippen LogP contribution is 2.29. The third-order valence-electron chi connectivity index (χ3n) is 6.94. The highest BCUT2D eigenvalue weighted by molar-refractivity contribution is 6.30. The number of nitrogens with one attached hydrogen (secondary N) is 1. The molecule has 0 aliphatic carbocycles. The van der Waals surface area contributed by atoms with Gasteiger partial charge in [-0.1, -0.05) is 84.4 Å². The molecular formula is C32H31ClN2O2. The fourth-order valence-corrected chi connectivity index (χ4v) is 5.11. The lowest BCUT2D eigenvalue weighted by atomic mass is 9.89. The number of carbonyl (C=O) groups is 1. The van der Waals surface area contributed by atoms with E-state index in [1.54, 1.807) is 0 Å². The van der Waals surface area contributed by atoms with Crippen LogP contribution in [0.5, 0.6) is 11.5 Å². The van der Waals surface area contributed by atoms with Crippen LogP contribution in [0.25, 0.3) is 0 Å². The Hall–Kier alpha value is -3.60. The zero-order chi connectivity index (χ0) is 25.5. The van der Waals surface area contributed by atoms with Crippen LogP contribution in [0.2, 0.25) is 5.02 Å². The molecular weight excluding hydrogens is 480 g/mol. The number of para-hydroxylation sites is 2. The zero-order valence-corrected chi connectivity index (χ0v) is 21.5. The smallest absolute Gasteiger partial charge is 0.257 e. The van der Waals surface area contributed by atoms with Crippen molar-refractivity contribution in [3.8, 4) is 11.5 Å². The van der Waals surface area contributed by atoms with Crippen molar-refractivity contribution in [1.29, 1.82) is 0 Å². The first-order chi connectivity index (χ1) is 18.2. The third-order valence-corrected chi connectivity index (χ3v) is 7.19. The van der Waals surface area contributed by atoms with Crippen molar-refractivity contribution in [1.82, 2.24) is 10.2 Å². The van der Waals surface area contributed by atoms with Gasteiger partial charge in [0.05, 0.1) is 5.56 Å². The second kappa shape index (κ2) is 12.1. The third kappa shape index (κ3) is 6.59. The van der Waals surface area contributed by atoms with Gasteiger partial charge >= 0.3 is 0 Å². The maximum atomic E-state index is 14.1. The number of carbonyl (C=O) groups excluding carboxylic acids is 1. The molecule has 5 heteroatoms. The second-order valence-electron chi connectivity index (χ2n) is 9.59. The molecule has 0 bridgehead atoms. The van der Waals surface area contributed by atoms with Crippen LogP contribution in [-0.2, 0) is 13.0 Å². The van der Waals surface area contributed by atoms with Gasteiger partial charge in [0.2, 0.25) is 0 Å². The van der Waals surface area contributed by atoms with E-state index in [1.165, 1.54) is 5.56 Å². The number of benzene rings is 4. The van der Waals surface area contributed by atoms with Gasteiger partial charge in [-0.3, -0.25) is 4.79 Å². The molecule has 4 aromatic carbocycles. The predicted molar refractivity (Wildman–Crippen MR) is 149 cm³/mol. The lowest BCUT2D eigenvalue weighted by Gasteiger charge is -2.29. The summed E-state index contributed by atoms with van der Waals surface area (Å²) in [5.74, 6) is 2.03. The number of rotatable bonds is 9. The summed E-state index contributed by atoms with van der Waals surface area (Å²) >= 11 is 6.13. The Kier molecular flexibility index (Phi) is 8.19. The molecule has 0 radical (unpaired) electrons. The van der Waals surface area contributed by atoms with Crippen molar-refractivity contribution < 1.29 is 9.53 Å². The summed E-state index contributed by atoms with van der Waals surface area (Å²) in [6.07, 6.45) is 0.995. The van der Waals surface area contributed by atoms with Crippen LogP contribution in [0.1, 0.15) is 21.5 Å². The second-order valence-corrected chi connectivity index (χ2v) is 10.0. The lowest BCUT2D eigenvalue weighted by molar-refractivity contribution is 0.0703. The van der Waals surface area contributed by atoms with Crippen LogP contribution in [0.3, 0.4) is 0 Å². The van der Waals surface area contributed by atoms with Crippen LogP contribution < -0.4 is 10.1 Å². The highest BCUT2D eigenvalue weighted by atomic mass is 35.5. The van der Waals surface area contributed by atoms with E-state index in [-0.39, 0.29) is 5.91 Å². The van der Waals surface area contributed by atoms with Crippen molar-refractivity contribution in [2.45, 2.75) is 13.0 Å². The number of ether oxygens (including phenoxy) is 1. The van der Waals surface area contributed by atoms with Crippen molar-refractivity contribution >= 4 is 17.5 Å². The Morgan fingerprint density at radius 3 is 2.19 bits per heavy atom. The lowest BCUT2D eigenvalue weighted by Crippen LogP contribution is -2.37. The van der Waals surface area contributed by atoms with Gasteiger partial charge in [0.15, 0.2) is 0 Å². The van der Waals surface area contributed by atoms with Gasteiger partial charge in [0, 0.05) is 18.1 Å². The first-order valence-corrected chi connectivity index (χ1v) is 13.1. The molecule has 37 heavy (non-hydrogen) atoms. The molecule has 0 saturated carbocycles. The number of hydrogen-bond donors (Lipinski definition) is 1. The van der Waals surface area contributed by atoms with E-state index in [9.17, 15) is 4.79 Å². The van der Waals surface area contributed by atoms with Crippen LogP contribution in [-0.4, -0.2) is 30.4 Å². The Morgan fingerprint density at radius 1 is 0.784 bits per heavy atom. The van der Waals surface area contributed by atoms with Gasteiger partial charge in [0.25, 0.3) is 5.91 Å². The fourth-order valence-electron chi connectivity index (χ4n) is 4.99. The molecule has 5 rings (SSSR count). The minimum Gasteiger partial charge on any atom is -0.457 e. The van der Waals surface area contributed by atoms with Crippen molar-refractivity contribution in [2.75, 3.05) is 19.6 Å². The summed E-state index contributed by atoms with van der Waals surface area (Å²) in [5.41, 5.74) is 2.94. The molecule has 1 unspecified atom stereocenters. The molecule has 4 nitrogen and oxygen atoms in total. The molecule has 0 spiro atoms. The summed E-state index contributed by atoms with van der Waals surface area (Å²) < 4.78 is 6.14. The number of nitrogens with zero attached hydrogens (tertiary/aromatic N) is 1. The Labute approximate surface area is 223 Å². The molecule has 1 fully saturated rings. The van der Waals surface area contributed by atoms with Gasteiger partial charge in [0.1, 0.15) is 11.5 Å². The normalized spacial score (nSPS) is 16.9. The zero-order valence-electron chi connectivity index (χ0n) is 20.7. The van der Waals surface area contributed by atoms with E-state index in [1.807, 2.05) is 83.8 Å². The maximum Gasteiger partial charge on any atom is 0.257 e. The van der Waals surface area contributed by atoms with E-state index >= 15 is 0 Å². The maximum absolute atomic E-state index is 14.1. The van der Waals surface area contributed by atoms with Crippen LogP contribution in [0, 0.1) is 11.8 Å². The fraction of sp³-hybridized carbons (Fsp3) is 0.219. The monoisotopic (exact) mass is 510 g/mol.